The molecule has 1 aliphatic rings. The van der Waals surface area contributed by atoms with Gasteiger partial charge < -0.3 is 19.8 Å². The lowest BCUT2D eigenvalue weighted by atomic mass is 10.2. The molecule has 0 saturated carbocycles. The van der Waals surface area contributed by atoms with Gasteiger partial charge in [-0.1, -0.05) is 0 Å². The molecule has 0 spiro atoms. The van der Waals surface area contributed by atoms with Crippen molar-refractivity contribution in [3.05, 3.63) is 18.0 Å². The van der Waals surface area contributed by atoms with Gasteiger partial charge in [-0.3, -0.25) is 0 Å². The molecule has 2 aromatic rings. The first-order valence-electron chi connectivity index (χ1n) is 5.82. The lowest BCUT2D eigenvalue weighted by Crippen LogP contribution is -2.15. The molecule has 0 amide bonds. The fraction of sp³-hybridized carbons (Fsp3) is 0.417. The highest BCUT2D eigenvalue weighted by molar-refractivity contribution is 5.80. The Morgan fingerprint density at radius 2 is 2.00 bits per heavy atom. The zero-order valence-electron chi connectivity index (χ0n) is 9.77. The van der Waals surface area contributed by atoms with Crippen LogP contribution in [-0.2, 0) is 13.1 Å². The zero-order valence-corrected chi connectivity index (χ0v) is 9.77. The molecule has 1 aliphatic heterocycles. The molecule has 0 fully saturated rings. The number of aromatic nitrogens is 2. The number of hydrogen-bond acceptors (Lipinski definition) is 4. The number of rotatable bonds is 2. The number of aryl methyl sites for hydroxylation is 1. The van der Waals surface area contributed by atoms with Crippen molar-refractivity contribution in [1.29, 1.82) is 0 Å². The van der Waals surface area contributed by atoms with E-state index in [4.69, 9.17) is 15.2 Å². The first-order valence-corrected chi connectivity index (χ1v) is 5.82. The fourth-order valence-corrected chi connectivity index (χ4v) is 2.22. The van der Waals surface area contributed by atoms with Crippen LogP contribution in [0.2, 0.25) is 0 Å². The Bertz CT molecular complexity index is 562. The van der Waals surface area contributed by atoms with E-state index in [0.29, 0.717) is 19.8 Å². The van der Waals surface area contributed by atoms with Crippen LogP contribution < -0.4 is 15.2 Å². The van der Waals surface area contributed by atoms with Crippen molar-refractivity contribution in [2.45, 2.75) is 20.0 Å². The summed E-state index contributed by atoms with van der Waals surface area (Å²) >= 11 is 0. The van der Waals surface area contributed by atoms with Gasteiger partial charge in [0.15, 0.2) is 11.5 Å². The minimum atomic E-state index is 0.439. The summed E-state index contributed by atoms with van der Waals surface area (Å²) in [6, 6.07) is 3.91. The molecule has 5 nitrogen and oxygen atoms in total. The molecule has 0 radical (unpaired) electrons. The second-order valence-electron chi connectivity index (χ2n) is 3.96. The van der Waals surface area contributed by atoms with Gasteiger partial charge in [-0.2, -0.15) is 0 Å². The van der Waals surface area contributed by atoms with Crippen LogP contribution in [0.4, 0.5) is 0 Å². The summed E-state index contributed by atoms with van der Waals surface area (Å²) in [7, 11) is 0. The summed E-state index contributed by atoms with van der Waals surface area (Å²) in [5, 5.41) is 0. The van der Waals surface area contributed by atoms with E-state index in [9.17, 15) is 0 Å². The number of hydrogen-bond donors (Lipinski definition) is 1. The molecular weight excluding hydrogens is 218 g/mol. The third kappa shape index (κ3) is 1.54. The minimum absolute atomic E-state index is 0.439. The van der Waals surface area contributed by atoms with E-state index in [-0.39, 0.29) is 0 Å². The normalized spacial score (nSPS) is 14.2. The van der Waals surface area contributed by atoms with Crippen LogP contribution in [0.3, 0.4) is 0 Å². The van der Waals surface area contributed by atoms with Crippen LogP contribution >= 0.6 is 0 Å². The quantitative estimate of drug-likeness (QED) is 0.849. The number of nitrogens with zero attached hydrogens (tertiary/aromatic N) is 2. The third-order valence-corrected chi connectivity index (χ3v) is 2.99. The number of fused-ring (bicyclic) bond motifs is 2. The maximum absolute atomic E-state index is 5.70. The van der Waals surface area contributed by atoms with Crippen molar-refractivity contribution < 1.29 is 9.47 Å². The number of benzene rings is 1. The van der Waals surface area contributed by atoms with Gasteiger partial charge in [0.2, 0.25) is 0 Å². The summed E-state index contributed by atoms with van der Waals surface area (Å²) in [5.41, 5.74) is 7.66. The van der Waals surface area contributed by atoms with E-state index in [1.54, 1.807) is 0 Å². The molecule has 0 atom stereocenters. The summed E-state index contributed by atoms with van der Waals surface area (Å²) in [4.78, 5) is 4.51. The summed E-state index contributed by atoms with van der Waals surface area (Å²) in [5.74, 6) is 2.46. The fourth-order valence-electron chi connectivity index (χ4n) is 2.22. The Hall–Kier alpha value is -1.75. The highest BCUT2D eigenvalue weighted by Crippen LogP contribution is 2.34. The molecule has 3 rings (SSSR count). The van der Waals surface area contributed by atoms with Gasteiger partial charge in [-0.05, 0) is 6.92 Å². The van der Waals surface area contributed by atoms with E-state index < -0.39 is 0 Å². The molecule has 1 aromatic carbocycles. The number of imidazole rings is 1. The molecule has 2 heterocycles. The number of ether oxygens (including phenoxy) is 2. The van der Waals surface area contributed by atoms with Crippen molar-refractivity contribution >= 4 is 11.0 Å². The lowest BCUT2D eigenvalue weighted by molar-refractivity contribution is 0.172. The van der Waals surface area contributed by atoms with E-state index in [0.717, 1.165) is 34.9 Å². The minimum Gasteiger partial charge on any atom is -0.486 e. The van der Waals surface area contributed by atoms with Crippen LogP contribution in [-0.4, -0.2) is 22.8 Å². The van der Waals surface area contributed by atoms with Crippen molar-refractivity contribution in [2.75, 3.05) is 13.2 Å². The topological polar surface area (TPSA) is 62.3 Å². The van der Waals surface area contributed by atoms with Gasteiger partial charge in [0.05, 0.1) is 17.6 Å². The Kier molecular flexibility index (Phi) is 2.40. The molecule has 0 bridgehead atoms. The molecule has 0 saturated heterocycles. The molecule has 90 valence electrons. The summed E-state index contributed by atoms with van der Waals surface area (Å²) in [6.45, 7) is 4.56. The van der Waals surface area contributed by atoms with Crippen LogP contribution in [0.1, 0.15) is 12.7 Å². The van der Waals surface area contributed by atoms with Gasteiger partial charge in [-0.15, -0.1) is 0 Å². The van der Waals surface area contributed by atoms with Crippen LogP contribution in [0.5, 0.6) is 11.5 Å². The Labute approximate surface area is 99.1 Å². The van der Waals surface area contributed by atoms with Crippen molar-refractivity contribution in [3.8, 4) is 11.5 Å². The van der Waals surface area contributed by atoms with Crippen LogP contribution in [0.25, 0.3) is 11.0 Å². The van der Waals surface area contributed by atoms with E-state index in [2.05, 4.69) is 16.5 Å². The maximum atomic E-state index is 5.70. The summed E-state index contributed by atoms with van der Waals surface area (Å²) < 4.78 is 13.2. The smallest absolute Gasteiger partial charge is 0.163 e. The van der Waals surface area contributed by atoms with E-state index >= 15 is 0 Å². The predicted octanol–water partition coefficient (Wildman–Crippen LogP) is 1.29. The first kappa shape index (κ1) is 10.4. The van der Waals surface area contributed by atoms with Crippen molar-refractivity contribution in [2.24, 2.45) is 5.73 Å². The SMILES string of the molecule is CCn1c(CN)nc2cc3c(cc21)OCCO3. The molecule has 17 heavy (non-hydrogen) atoms. The molecule has 2 N–H and O–H groups in total. The molecular formula is C12H15N3O2. The second kappa shape index (κ2) is 3.92. The van der Waals surface area contributed by atoms with Crippen LogP contribution in [0, 0.1) is 0 Å². The summed E-state index contributed by atoms with van der Waals surface area (Å²) in [6.07, 6.45) is 0. The maximum Gasteiger partial charge on any atom is 0.163 e. The Morgan fingerprint density at radius 1 is 1.29 bits per heavy atom. The van der Waals surface area contributed by atoms with E-state index in [1.807, 2.05) is 12.1 Å². The predicted molar refractivity (Wildman–Crippen MR) is 64.3 cm³/mol. The zero-order chi connectivity index (χ0) is 11.8. The molecule has 5 heteroatoms. The monoisotopic (exact) mass is 233 g/mol. The highest BCUT2D eigenvalue weighted by atomic mass is 16.6. The number of nitrogens with two attached hydrogens (primary N) is 1. The first-order chi connectivity index (χ1) is 8.33. The Morgan fingerprint density at radius 3 is 2.65 bits per heavy atom. The lowest BCUT2D eigenvalue weighted by Gasteiger charge is -2.18. The largest absolute Gasteiger partial charge is 0.486 e. The van der Waals surface area contributed by atoms with Gasteiger partial charge in [0, 0.05) is 18.7 Å². The van der Waals surface area contributed by atoms with Gasteiger partial charge >= 0.3 is 0 Å². The van der Waals surface area contributed by atoms with Crippen LogP contribution in [0.15, 0.2) is 12.1 Å². The second-order valence-corrected chi connectivity index (χ2v) is 3.96. The Balaban J connectivity index is 2.24. The van der Waals surface area contributed by atoms with Gasteiger partial charge in [-0.25, -0.2) is 4.98 Å². The van der Waals surface area contributed by atoms with Gasteiger partial charge in [0.1, 0.15) is 19.0 Å². The molecule has 0 aliphatic carbocycles. The standard InChI is InChI=1S/C12H15N3O2/c1-2-15-9-6-11-10(16-3-4-17-11)5-8(9)14-12(15)7-13/h5-6H,2-4,7,13H2,1H3. The van der Waals surface area contributed by atoms with E-state index in [1.165, 1.54) is 0 Å². The van der Waals surface area contributed by atoms with Crippen molar-refractivity contribution in [3.63, 3.8) is 0 Å². The molecule has 0 unspecified atom stereocenters. The average molecular weight is 233 g/mol. The average Bonchev–Trinajstić information content (AvgIpc) is 2.72. The third-order valence-electron chi connectivity index (χ3n) is 2.99. The molecule has 1 aromatic heterocycles. The van der Waals surface area contributed by atoms with Gasteiger partial charge in [0.25, 0.3) is 0 Å². The van der Waals surface area contributed by atoms with Crippen molar-refractivity contribution in [1.82, 2.24) is 9.55 Å². The highest BCUT2D eigenvalue weighted by Gasteiger charge is 2.16.